The van der Waals surface area contributed by atoms with Gasteiger partial charge in [0, 0.05) is 11.7 Å². The highest BCUT2D eigenvalue weighted by Crippen LogP contribution is 2.23. The maximum atomic E-state index is 12.0. The average Bonchev–Trinajstić information content (AvgIpc) is 3.26. The van der Waals surface area contributed by atoms with Gasteiger partial charge in [-0.1, -0.05) is 17.7 Å². The van der Waals surface area contributed by atoms with Crippen LogP contribution in [0.25, 0.3) is 0 Å². The fourth-order valence-corrected chi connectivity index (χ4v) is 1.80. The second-order valence-electron chi connectivity index (χ2n) is 5.04. The minimum absolute atomic E-state index is 0.251. The first-order valence-corrected chi connectivity index (χ1v) is 6.69. The van der Waals surface area contributed by atoms with E-state index in [1.807, 2.05) is 31.2 Å². The third-order valence-electron chi connectivity index (χ3n) is 3.14. The summed E-state index contributed by atoms with van der Waals surface area (Å²) in [5.41, 5.74) is 2.22. The molecule has 1 aromatic heterocycles. The van der Waals surface area contributed by atoms with Crippen LogP contribution in [-0.2, 0) is 0 Å². The normalized spacial score (nSPS) is 13.8. The summed E-state index contributed by atoms with van der Waals surface area (Å²) in [4.78, 5) is 12.0. The maximum Gasteiger partial charge on any atom is 0.276 e. The van der Waals surface area contributed by atoms with Crippen LogP contribution in [-0.4, -0.2) is 22.1 Å². The van der Waals surface area contributed by atoms with Crippen molar-refractivity contribution in [3.05, 3.63) is 47.7 Å². The summed E-state index contributed by atoms with van der Waals surface area (Å²) >= 11 is 0. The quantitative estimate of drug-likeness (QED) is 0.894. The highest BCUT2D eigenvalue weighted by atomic mass is 16.1. The molecule has 1 heterocycles. The van der Waals surface area contributed by atoms with Gasteiger partial charge in [0.15, 0.2) is 5.69 Å². The number of aromatic nitrogens is 2. The third kappa shape index (κ3) is 3.12. The molecule has 5 nitrogen and oxygen atoms in total. The van der Waals surface area contributed by atoms with Gasteiger partial charge in [-0.05, 0) is 44.0 Å². The number of nitrogens with zero attached hydrogens (tertiary/aromatic N) is 2. The van der Waals surface area contributed by atoms with Crippen LogP contribution in [0.3, 0.4) is 0 Å². The molecule has 0 radical (unpaired) electrons. The number of aryl methyl sites for hydroxylation is 1. The van der Waals surface area contributed by atoms with Crippen molar-refractivity contribution in [2.24, 2.45) is 0 Å². The molecule has 0 saturated heterocycles. The average molecular weight is 268 g/mol. The van der Waals surface area contributed by atoms with Crippen LogP contribution in [0.4, 0.5) is 11.5 Å². The fourth-order valence-electron chi connectivity index (χ4n) is 1.80. The number of benzene rings is 1. The van der Waals surface area contributed by atoms with E-state index in [1.165, 1.54) is 12.8 Å². The zero-order valence-corrected chi connectivity index (χ0v) is 11.3. The Morgan fingerprint density at radius 3 is 2.45 bits per heavy atom. The Morgan fingerprint density at radius 1 is 1.10 bits per heavy atom. The lowest BCUT2D eigenvalue weighted by Crippen LogP contribution is -2.15. The molecule has 1 saturated carbocycles. The lowest BCUT2D eigenvalue weighted by atomic mass is 10.2. The van der Waals surface area contributed by atoms with Crippen molar-refractivity contribution in [3.63, 3.8) is 0 Å². The van der Waals surface area contributed by atoms with E-state index in [4.69, 9.17) is 0 Å². The van der Waals surface area contributed by atoms with E-state index in [2.05, 4.69) is 20.8 Å². The summed E-state index contributed by atoms with van der Waals surface area (Å²) < 4.78 is 0. The van der Waals surface area contributed by atoms with Crippen molar-refractivity contribution >= 4 is 17.4 Å². The number of hydrogen-bond acceptors (Lipinski definition) is 4. The van der Waals surface area contributed by atoms with Gasteiger partial charge in [0.05, 0.1) is 0 Å². The molecule has 1 fully saturated rings. The number of hydrogen-bond donors (Lipinski definition) is 2. The molecular weight excluding hydrogens is 252 g/mol. The van der Waals surface area contributed by atoms with E-state index >= 15 is 0 Å². The largest absolute Gasteiger partial charge is 0.366 e. The maximum absolute atomic E-state index is 12.0. The molecule has 1 aliphatic rings. The highest BCUT2D eigenvalue weighted by Gasteiger charge is 2.21. The van der Waals surface area contributed by atoms with E-state index in [9.17, 15) is 4.79 Å². The van der Waals surface area contributed by atoms with Gasteiger partial charge in [-0.25, -0.2) is 0 Å². The van der Waals surface area contributed by atoms with Crippen LogP contribution in [0, 0.1) is 6.92 Å². The summed E-state index contributed by atoms with van der Waals surface area (Å²) in [5.74, 6) is 0.471. The molecule has 3 rings (SSSR count). The first kappa shape index (κ1) is 12.6. The first-order valence-electron chi connectivity index (χ1n) is 6.69. The van der Waals surface area contributed by atoms with Crippen LogP contribution < -0.4 is 10.6 Å². The third-order valence-corrected chi connectivity index (χ3v) is 3.14. The molecule has 102 valence electrons. The summed E-state index contributed by atoms with van der Waals surface area (Å²) in [6, 6.07) is 11.6. The Morgan fingerprint density at radius 2 is 1.85 bits per heavy atom. The van der Waals surface area contributed by atoms with Crippen molar-refractivity contribution in [2.45, 2.75) is 25.8 Å². The summed E-state index contributed by atoms with van der Waals surface area (Å²) in [5, 5.41) is 14.0. The molecule has 0 spiro atoms. The van der Waals surface area contributed by atoms with Crippen molar-refractivity contribution in [1.82, 2.24) is 10.2 Å². The predicted molar refractivity (Wildman–Crippen MR) is 77.8 cm³/mol. The molecule has 2 aromatic rings. The molecule has 0 bridgehead atoms. The van der Waals surface area contributed by atoms with Crippen LogP contribution in [0.15, 0.2) is 36.4 Å². The predicted octanol–water partition coefficient (Wildman–Crippen LogP) is 2.61. The van der Waals surface area contributed by atoms with Gasteiger partial charge in [0.2, 0.25) is 0 Å². The molecular formula is C15H16N4O. The van der Waals surface area contributed by atoms with Gasteiger partial charge in [-0.15, -0.1) is 10.2 Å². The lowest BCUT2D eigenvalue weighted by molar-refractivity contribution is 0.102. The van der Waals surface area contributed by atoms with Gasteiger partial charge >= 0.3 is 0 Å². The molecule has 0 unspecified atom stereocenters. The van der Waals surface area contributed by atoms with Crippen LogP contribution in [0.5, 0.6) is 0 Å². The van der Waals surface area contributed by atoms with Gasteiger partial charge in [0.25, 0.3) is 5.91 Å². The number of anilines is 2. The molecule has 5 heteroatoms. The Labute approximate surface area is 117 Å². The Kier molecular flexibility index (Phi) is 3.33. The van der Waals surface area contributed by atoms with E-state index < -0.39 is 0 Å². The standard InChI is InChI=1S/C15H16N4O/c1-10-2-4-12(5-3-10)17-15(20)13-8-9-14(19-18-13)16-11-6-7-11/h2-5,8-9,11H,6-7H2,1H3,(H,16,19)(H,17,20). The van der Waals surface area contributed by atoms with Crippen LogP contribution in [0.2, 0.25) is 0 Å². The molecule has 20 heavy (non-hydrogen) atoms. The van der Waals surface area contributed by atoms with E-state index in [0.29, 0.717) is 11.7 Å². The Balaban J connectivity index is 1.65. The zero-order chi connectivity index (χ0) is 13.9. The smallest absolute Gasteiger partial charge is 0.276 e. The summed E-state index contributed by atoms with van der Waals surface area (Å²) in [6.07, 6.45) is 2.36. The molecule has 0 aliphatic heterocycles. The van der Waals surface area contributed by atoms with Crippen molar-refractivity contribution in [3.8, 4) is 0 Å². The second kappa shape index (κ2) is 5.28. The Bertz CT molecular complexity index is 603. The zero-order valence-electron chi connectivity index (χ0n) is 11.3. The van der Waals surface area contributed by atoms with Crippen molar-refractivity contribution in [1.29, 1.82) is 0 Å². The second-order valence-corrected chi connectivity index (χ2v) is 5.04. The monoisotopic (exact) mass is 268 g/mol. The van der Waals surface area contributed by atoms with Gasteiger partial charge in [0.1, 0.15) is 5.82 Å². The topological polar surface area (TPSA) is 66.9 Å². The number of nitrogens with one attached hydrogen (secondary N) is 2. The van der Waals surface area contributed by atoms with E-state index in [1.54, 1.807) is 12.1 Å². The van der Waals surface area contributed by atoms with Gasteiger partial charge in [-0.3, -0.25) is 4.79 Å². The minimum atomic E-state index is -0.251. The number of rotatable bonds is 4. The van der Waals surface area contributed by atoms with Crippen LogP contribution >= 0.6 is 0 Å². The Hall–Kier alpha value is -2.43. The summed E-state index contributed by atoms with van der Waals surface area (Å²) in [6.45, 7) is 2.00. The highest BCUT2D eigenvalue weighted by molar-refractivity contribution is 6.02. The van der Waals surface area contributed by atoms with Crippen LogP contribution in [0.1, 0.15) is 28.9 Å². The molecule has 1 aliphatic carbocycles. The van der Waals surface area contributed by atoms with Crippen molar-refractivity contribution in [2.75, 3.05) is 10.6 Å². The van der Waals surface area contributed by atoms with Gasteiger partial charge < -0.3 is 10.6 Å². The first-order chi connectivity index (χ1) is 9.70. The molecule has 1 aromatic carbocycles. The molecule has 1 amide bonds. The SMILES string of the molecule is Cc1ccc(NC(=O)c2ccc(NC3CC3)nn2)cc1. The number of carbonyl (C=O) groups is 1. The van der Waals surface area contributed by atoms with Gasteiger partial charge in [-0.2, -0.15) is 0 Å². The van der Waals surface area contributed by atoms with E-state index in [0.717, 1.165) is 17.1 Å². The van der Waals surface area contributed by atoms with Crippen molar-refractivity contribution < 1.29 is 4.79 Å². The molecule has 0 atom stereocenters. The number of carbonyl (C=O) groups excluding carboxylic acids is 1. The lowest BCUT2D eigenvalue weighted by Gasteiger charge is -2.06. The number of amides is 1. The molecule has 2 N–H and O–H groups in total. The van der Waals surface area contributed by atoms with E-state index in [-0.39, 0.29) is 5.91 Å². The fraction of sp³-hybridized carbons (Fsp3) is 0.267. The summed E-state index contributed by atoms with van der Waals surface area (Å²) in [7, 11) is 0. The minimum Gasteiger partial charge on any atom is -0.366 e.